The summed E-state index contributed by atoms with van der Waals surface area (Å²) in [6.45, 7) is 2.07. The molecule has 0 N–H and O–H groups in total. The van der Waals surface area contributed by atoms with E-state index in [4.69, 9.17) is 5.10 Å². The molecule has 2 aromatic heterocycles. The van der Waals surface area contributed by atoms with Gasteiger partial charge in [-0.1, -0.05) is 69.7 Å². The molecular formula is C19H15BrN4S. The van der Waals surface area contributed by atoms with Crippen LogP contribution in [0.5, 0.6) is 0 Å². The summed E-state index contributed by atoms with van der Waals surface area (Å²) in [7, 11) is 0. The zero-order valence-electron chi connectivity index (χ0n) is 13.6. The van der Waals surface area contributed by atoms with Gasteiger partial charge in [0.15, 0.2) is 11.5 Å². The summed E-state index contributed by atoms with van der Waals surface area (Å²) < 4.78 is 2.90. The van der Waals surface area contributed by atoms with E-state index in [1.807, 2.05) is 16.6 Å². The monoisotopic (exact) mass is 410 g/mol. The number of aromatic nitrogens is 4. The largest absolute Gasteiger partial charge is 0.192 e. The van der Waals surface area contributed by atoms with Gasteiger partial charge in [-0.05, 0) is 36.8 Å². The van der Waals surface area contributed by atoms with E-state index in [1.165, 1.54) is 11.1 Å². The molecule has 0 bridgehead atoms. The first-order valence-electron chi connectivity index (χ1n) is 7.86. The van der Waals surface area contributed by atoms with E-state index >= 15 is 0 Å². The Morgan fingerprint density at radius 2 is 1.68 bits per heavy atom. The van der Waals surface area contributed by atoms with E-state index in [9.17, 15) is 0 Å². The van der Waals surface area contributed by atoms with E-state index in [1.54, 1.807) is 11.8 Å². The molecule has 124 valence electrons. The third-order valence-corrected chi connectivity index (χ3v) is 5.37. The third-order valence-electron chi connectivity index (χ3n) is 3.85. The highest BCUT2D eigenvalue weighted by atomic mass is 79.9. The van der Waals surface area contributed by atoms with Gasteiger partial charge in [0.1, 0.15) is 5.03 Å². The Morgan fingerprint density at radius 1 is 0.920 bits per heavy atom. The molecule has 0 fully saturated rings. The van der Waals surface area contributed by atoms with Gasteiger partial charge < -0.3 is 0 Å². The Bertz CT molecular complexity index is 1010. The van der Waals surface area contributed by atoms with Crippen molar-refractivity contribution in [1.29, 1.82) is 0 Å². The molecule has 4 nitrogen and oxygen atoms in total. The molecule has 0 atom stereocenters. The summed E-state index contributed by atoms with van der Waals surface area (Å²) in [5.41, 5.74) is 4.25. The van der Waals surface area contributed by atoms with Crippen LogP contribution in [0.2, 0.25) is 0 Å². The quantitative estimate of drug-likeness (QED) is 0.436. The second-order valence-corrected chi connectivity index (χ2v) is 7.66. The van der Waals surface area contributed by atoms with Crippen LogP contribution in [-0.4, -0.2) is 19.8 Å². The lowest BCUT2D eigenvalue weighted by Crippen LogP contribution is -1.96. The second-order valence-electron chi connectivity index (χ2n) is 5.75. The van der Waals surface area contributed by atoms with Gasteiger partial charge in [-0.3, -0.25) is 0 Å². The van der Waals surface area contributed by atoms with Crippen LogP contribution in [0.3, 0.4) is 0 Å². The summed E-state index contributed by atoms with van der Waals surface area (Å²) in [4.78, 5) is 0. The van der Waals surface area contributed by atoms with Crippen molar-refractivity contribution in [3.8, 4) is 11.4 Å². The van der Waals surface area contributed by atoms with Crippen molar-refractivity contribution in [2.75, 3.05) is 0 Å². The minimum Gasteiger partial charge on any atom is -0.192 e. The molecule has 4 rings (SSSR count). The lowest BCUT2D eigenvalue weighted by atomic mass is 10.1. The molecular weight excluding hydrogens is 396 g/mol. The van der Waals surface area contributed by atoms with Crippen molar-refractivity contribution in [3.05, 3.63) is 76.3 Å². The smallest absolute Gasteiger partial charge is 0.185 e. The molecule has 0 radical (unpaired) electrons. The van der Waals surface area contributed by atoms with Crippen molar-refractivity contribution in [1.82, 2.24) is 19.8 Å². The molecule has 0 aliphatic rings. The number of benzene rings is 2. The van der Waals surface area contributed by atoms with Crippen molar-refractivity contribution in [3.63, 3.8) is 0 Å². The van der Waals surface area contributed by atoms with Crippen molar-refractivity contribution in [2.45, 2.75) is 17.7 Å². The van der Waals surface area contributed by atoms with Gasteiger partial charge in [0.05, 0.1) is 0 Å². The van der Waals surface area contributed by atoms with Gasteiger partial charge >= 0.3 is 0 Å². The average molecular weight is 411 g/mol. The van der Waals surface area contributed by atoms with Gasteiger partial charge in [0.25, 0.3) is 0 Å². The number of thioether (sulfide) groups is 1. The van der Waals surface area contributed by atoms with Crippen LogP contribution in [0.1, 0.15) is 11.1 Å². The normalized spacial score (nSPS) is 11.1. The first-order valence-corrected chi connectivity index (χ1v) is 9.64. The predicted molar refractivity (Wildman–Crippen MR) is 105 cm³/mol. The molecule has 25 heavy (non-hydrogen) atoms. The summed E-state index contributed by atoms with van der Waals surface area (Å²) in [5.74, 6) is 1.63. The third kappa shape index (κ3) is 3.60. The molecule has 0 saturated heterocycles. The topological polar surface area (TPSA) is 43.1 Å². The van der Waals surface area contributed by atoms with Crippen LogP contribution >= 0.6 is 27.7 Å². The fraction of sp³-hybridized carbons (Fsp3) is 0.105. The maximum atomic E-state index is 4.71. The minimum atomic E-state index is 0.753. The van der Waals surface area contributed by atoms with Crippen molar-refractivity contribution >= 4 is 33.3 Å². The lowest BCUT2D eigenvalue weighted by Gasteiger charge is -2.04. The van der Waals surface area contributed by atoms with Crippen molar-refractivity contribution < 1.29 is 0 Å². The van der Waals surface area contributed by atoms with E-state index in [-0.39, 0.29) is 0 Å². The Kier molecular flexibility index (Phi) is 4.55. The van der Waals surface area contributed by atoms with Crippen LogP contribution in [-0.2, 0) is 5.75 Å². The van der Waals surface area contributed by atoms with E-state index in [2.05, 4.69) is 81.6 Å². The Balaban J connectivity index is 1.61. The summed E-state index contributed by atoms with van der Waals surface area (Å²) >= 11 is 5.16. The second kappa shape index (κ2) is 6.98. The maximum absolute atomic E-state index is 4.71. The van der Waals surface area contributed by atoms with E-state index in [0.717, 1.165) is 32.3 Å². The molecule has 6 heteroatoms. The van der Waals surface area contributed by atoms with Crippen LogP contribution < -0.4 is 0 Å². The standard InChI is InChI=1S/C19H15BrN4S/c1-13-2-6-15(7-3-13)19-22-21-17-10-11-18(23-24(17)19)25-12-14-4-8-16(20)9-5-14/h2-11H,12H2,1H3. The molecule has 0 unspecified atom stereocenters. The van der Waals surface area contributed by atoms with Crippen LogP contribution in [0, 0.1) is 6.92 Å². The average Bonchev–Trinajstić information content (AvgIpc) is 3.05. The number of hydrogen-bond donors (Lipinski definition) is 0. The summed E-state index contributed by atoms with van der Waals surface area (Å²) in [6, 6.07) is 20.5. The fourth-order valence-corrected chi connectivity index (χ4v) is 3.54. The minimum absolute atomic E-state index is 0.753. The van der Waals surface area contributed by atoms with Crippen molar-refractivity contribution in [2.24, 2.45) is 0 Å². The molecule has 0 saturated carbocycles. The number of nitrogens with zero attached hydrogens (tertiary/aromatic N) is 4. The predicted octanol–water partition coefficient (Wildman–Crippen LogP) is 5.15. The number of fused-ring (bicyclic) bond motifs is 1. The number of rotatable bonds is 4. The van der Waals surface area contributed by atoms with Gasteiger partial charge in [0, 0.05) is 15.8 Å². The van der Waals surface area contributed by atoms with Crippen LogP contribution in [0.25, 0.3) is 17.0 Å². The fourth-order valence-electron chi connectivity index (χ4n) is 2.47. The number of halogens is 1. The SMILES string of the molecule is Cc1ccc(-c2nnc3ccc(SCc4ccc(Br)cc4)nn23)cc1. The summed E-state index contributed by atoms with van der Waals surface area (Å²) in [5, 5.41) is 14.2. The van der Waals surface area contributed by atoms with Gasteiger partial charge in [0.2, 0.25) is 0 Å². The highest BCUT2D eigenvalue weighted by Crippen LogP contribution is 2.24. The van der Waals surface area contributed by atoms with Gasteiger partial charge in [-0.15, -0.1) is 10.2 Å². The van der Waals surface area contributed by atoms with Gasteiger partial charge in [-0.25, -0.2) is 0 Å². The molecule has 2 aromatic carbocycles. The van der Waals surface area contributed by atoms with E-state index in [0.29, 0.717) is 0 Å². The Hall–Kier alpha value is -2.18. The Morgan fingerprint density at radius 3 is 2.44 bits per heavy atom. The number of hydrogen-bond acceptors (Lipinski definition) is 4. The molecule has 0 amide bonds. The van der Waals surface area contributed by atoms with Crippen LogP contribution in [0.15, 0.2) is 70.2 Å². The zero-order valence-corrected chi connectivity index (χ0v) is 16.0. The lowest BCUT2D eigenvalue weighted by molar-refractivity contribution is 0.860. The molecule has 0 aliphatic heterocycles. The maximum Gasteiger partial charge on any atom is 0.185 e. The number of aryl methyl sites for hydroxylation is 1. The van der Waals surface area contributed by atoms with E-state index < -0.39 is 0 Å². The molecule has 0 spiro atoms. The highest BCUT2D eigenvalue weighted by Gasteiger charge is 2.10. The molecule has 4 aromatic rings. The molecule has 0 aliphatic carbocycles. The first-order chi connectivity index (χ1) is 12.2. The highest BCUT2D eigenvalue weighted by molar-refractivity contribution is 9.10. The van der Waals surface area contributed by atoms with Crippen LogP contribution in [0.4, 0.5) is 0 Å². The Labute approximate surface area is 158 Å². The molecule has 2 heterocycles. The zero-order chi connectivity index (χ0) is 17.2. The summed E-state index contributed by atoms with van der Waals surface area (Å²) in [6.07, 6.45) is 0. The van der Waals surface area contributed by atoms with Gasteiger partial charge in [-0.2, -0.15) is 9.61 Å². The first kappa shape index (κ1) is 16.3.